The molecule has 0 unspecified atom stereocenters. The van der Waals surface area contributed by atoms with Crippen molar-refractivity contribution < 1.29 is 19.1 Å². The highest BCUT2D eigenvalue weighted by Gasteiger charge is 2.33. The molecule has 1 aromatic rings. The lowest BCUT2D eigenvalue weighted by molar-refractivity contribution is -0.137. The van der Waals surface area contributed by atoms with Crippen LogP contribution in [0.15, 0.2) is 24.3 Å². The van der Waals surface area contributed by atoms with Gasteiger partial charge in [-0.25, -0.2) is 4.79 Å². The maximum absolute atomic E-state index is 13.0. The summed E-state index contributed by atoms with van der Waals surface area (Å²) in [6.07, 6.45) is 1.12. The average molecular weight is 404 g/mol. The number of carbonyl (C=O) groups is 2. The molecule has 1 aromatic carbocycles. The molecule has 2 saturated heterocycles. The Morgan fingerprint density at radius 2 is 1.62 bits per heavy atom. The van der Waals surface area contributed by atoms with E-state index in [0.29, 0.717) is 25.9 Å². The number of hydrogen-bond donors (Lipinski definition) is 0. The monoisotopic (exact) mass is 403 g/mol. The van der Waals surface area contributed by atoms with Crippen LogP contribution in [0.5, 0.6) is 5.75 Å². The number of nitrogens with zero attached hydrogens (tertiary/aromatic N) is 3. The van der Waals surface area contributed by atoms with Crippen LogP contribution in [0, 0.1) is 5.92 Å². The van der Waals surface area contributed by atoms with E-state index in [0.717, 1.165) is 37.6 Å². The molecule has 0 saturated carbocycles. The van der Waals surface area contributed by atoms with E-state index in [1.807, 2.05) is 43.9 Å². The van der Waals surface area contributed by atoms with Crippen molar-refractivity contribution in [2.75, 3.05) is 51.3 Å². The van der Waals surface area contributed by atoms with Crippen LogP contribution in [0.3, 0.4) is 0 Å². The van der Waals surface area contributed by atoms with Crippen molar-refractivity contribution in [1.29, 1.82) is 0 Å². The van der Waals surface area contributed by atoms with Gasteiger partial charge in [-0.1, -0.05) is 6.07 Å². The molecule has 0 aromatic heterocycles. The summed E-state index contributed by atoms with van der Waals surface area (Å²) in [7, 11) is 1.67. The highest BCUT2D eigenvalue weighted by molar-refractivity contribution is 5.79. The number of ether oxygens (including phenoxy) is 2. The fraction of sp³-hybridized carbons (Fsp3) is 0.636. The second-order valence-corrected chi connectivity index (χ2v) is 8.76. The van der Waals surface area contributed by atoms with Gasteiger partial charge >= 0.3 is 6.09 Å². The maximum Gasteiger partial charge on any atom is 0.410 e. The van der Waals surface area contributed by atoms with Crippen LogP contribution >= 0.6 is 0 Å². The van der Waals surface area contributed by atoms with Crippen molar-refractivity contribution in [2.24, 2.45) is 5.92 Å². The van der Waals surface area contributed by atoms with Crippen molar-refractivity contribution in [3.8, 4) is 5.75 Å². The topological polar surface area (TPSA) is 62.3 Å². The quantitative estimate of drug-likeness (QED) is 0.776. The molecular weight excluding hydrogens is 370 g/mol. The fourth-order valence-electron chi connectivity index (χ4n) is 3.89. The lowest BCUT2D eigenvalue weighted by Gasteiger charge is -2.39. The molecule has 0 spiro atoms. The molecule has 29 heavy (non-hydrogen) atoms. The van der Waals surface area contributed by atoms with E-state index in [1.54, 1.807) is 12.0 Å². The fourth-order valence-corrected chi connectivity index (χ4v) is 3.89. The van der Waals surface area contributed by atoms with E-state index in [9.17, 15) is 9.59 Å². The van der Waals surface area contributed by atoms with Crippen molar-refractivity contribution in [3.63, 3.8) is 0 Å². The zero-order valence-electron chi connectivity index (χ0n) is 18.0. The third-order valence-electron chi connectivity index (χ3n) is 5.51. The minimum atomic E-state index is -0.494. The molecule has 3 rings (SSSR count). The summed E-state index contributed by atoms with van der Waals surface area (Å²) >= 11 is 0. The highest BCUT2D eigenvalue weighted by Crippen LogP contribution is 2.25. The Hall–Kier alpha value is -2.44. The summed E-state index contributed by atoms with van der Waals surface area (Å²) in [5, 5.41) is 0. The van der Waals surface area contributed by atoms with E-state index in [4.69, 9.17) is 9.47 Å². The van der Waals surface area contributed by atoms with E-state index >= 15 is 0 Å². The van der Waals surface area contributed by atoms with Gasteiger partial charge in [-0.15, -0.1) is 0 Å². The Kier molecular flexibility index (Phi) is 6.55. The lowest BCUT2D eigenvalue weighted by Crippen LogP contribution is -2.52. The number of hydrogen-bond acceptors (Lipinski definition) is 5. The molecule has 2 aliphatic heterocycles. The molecule has 0 bridgehead atoms. The summed E-state index contributed by atoms with van der Waals surface area (Å²) in [4.78, 5) is 31.1. The number of piperidine rings is 1. The summed E-state index contributed by atoms with van der Waals surface area (Å²) in [5.74, 6) is 1.06. The standard InChI is InChI=1S/C22H33N3O4/c1-22(2,3)29-21(27)25-10-8-17(9-11-25)20(26)24-14-12-23(13-15-24)18-6-5-7-19(16-18)28-4/h5-7,16-17H,8-15H2,1-4H3. The smallest absolute Gasteiger partial charge is 0.410 e. The first-order valence-corrected chi connectivity index (χ1v) is 10.4. The van der Waals surface area contributed by atoms with Gasteiger partial charge in [0.05, 0.1) is 7.11 Å². The number of benzene rings is 1. The Balaban J connectivity index is 1.47. The summed E-state index contributed by atoms with van der Waals surface area (Å²) in [6.45, 7) is 9.84. The average Bonchev–Trinajstić information content (AvgIpc) is 2.72. The molecule has 7 nitrogen and oxygen atoms in total. The van der Waals surface area contributed by atoms with Gasteiger partial charge in [0.1, 0.15) is 11.4 Å². The lowest BCUT2D eigenvalue weighted by atomic mass is 9.95. The zero-order chi connectivity index (χ0) is 21.0. The Labute approximate surface area is 173 Å². The van der Waals surface area contributed by atoms with Gasteiger partial charge in [-0.3, -0.25) is 4.79 Å². The second-order valence-electron chi connectivity index (χ2n) is 8.76. The summed E-state index contributed by atoms with van der Waals surface area (Å²) in [6, 6.07) is 8.04. The Bertz CT molecular complexity index is 715. The van der Waals surface area contributed by atoms with Gasteiger partial charge in [0.15, 0.2) is 0 Å². The van der Waals surface area contributed by atoms with Crippen molar-refractivity contribution >= 4 is 17.7 Å². The van der Waals surface area contributed by atoms with Crippen LogP contribution in [-0.4, -0.2) is 73.8 Å². The predicted molar refractivity (Wildman–Crippen MR) is 112 cm³/mol. The highest BCUT2D eigenvalue weighted by atomic mass is 16.6. The molecule has 0 N–H and O–H groups in total. The van der Waals surface area contributed by atoms with Gasteiger partial charge in [-0.2, -0.15) is 0 Å². The minimum Gasteiger partial charge on any atom is -0.497 e. The number of likely N-dealkylation sites (tertiary alicyclic amines) is 1. The third kappa shape index (κ3) is 5.55. The molecular formula is C22H33N3O4. The molecule has 160 valence electrons. The first-order valence-electron chi connectivity index (χ1n) is 10.4. The van der Waals surface area contributed by atoms with Crippen molar-refractivity contribution in [2.45, 2.75) is 39.2 Å². The normalized spacial score (nSPS) is 18.6. The molecule has 2 heterocycles. The molecule has 0 aliphatic carbocycles. The molecule has 0 atom stereocenters. The van der Waals surface area contributed by atoms with Gasteiger partial charge in [0.2, 0.25) is 5.91 Å². The number of rotatable bonds is 3. The van der Waals surface area contributed by atoms with Crippen LogP contribution in [0.4, 0.5) is 10.5 Å². The molecule has 2 fully saturated rings. The van der Waals surface area contributed by atoms with Crippen LogP contribution in [0.25, 0.3) is 0 Å². The van der Waals surface area contributed by atoms with Gasteiger partial charge in [0.25, 0.3) is 0 Å². The molecule has 7 heteroatoms. The van der Waals surface area contributed by atoms with Gasteiger partial charge < -0.3 is 24.2 Å². The van der Waals surface area contributed by atoms with E-state index in [1.165, 1.54) is 0 Å². The molecule has 2 amide bonds. The van der Waals surface area contributed by atoms with Gasteiger partial charge in [0, 0.05) is 56.9 Å². The van der Waals surface area contributed by atoms with Crippen LogP contribution in [0.1, 0.15) is 33.6 Å². The number of amides is 2. The van der Waals surface area contributed by atoms with Crippen LogP contribution < -0.4 is 9.64 Å². The Morgan fingerprint density at radius 1 is 0.966 bits per heavy atom. The number of methoxy groups -OCH3 is 1. The number of anilines is 1. The number of piperazine rings is 1. The Morgan fingerprint density at radius 3 is 2.21 bits per heavy atom. The molecule has 2 aliphatic rings. The summed E-state index contributed by atoms with van der Waals surface area (Å²) in [5.41, 5.74) is 0.633. The minimum absolute atomic E-state index is 0.00273. The maximum atomic E-state index is 13.0. The summed E-state index contributed by atoms with van der Waals surface area (Å²) < 4.78 is 10.7. The van der Waals surface area contributed by atoms with E-state index in [-0.39, 0.29) is 17.9 Å². The predicted octanol–water partition coefficient (Wildman–Crippen LogP) is 2.99. The van der Waals surface area contributed by atoms with Crippen molar-refractivity contribution in [3.05, 3.63) is 24.3 Å². The largest absolute Gasteiger partial charge is 0.497 e. The van der Waals surface area contributed by atoms with E-state index < -0.39 is 5.60 Å². The van der Waals surface area contributed by atoms with E-state index in [2.05, 4.69) is 11.0 Å². The second kappa shape index (κ2) is 8.93. The van der Waals surface area contributed by atoms with Gasteiger partial charge in [-0.05, 0) is 45.7 Å². The molecule has 0 radical (unpaired) electrons. The zero-order valence-corrected chi connectivity index (χ0v) is 18.0. The van der Waals surface area contributed by atoms with Crippen LogP contribution in [-0.2, 0) is 9.53 Å². The SMILES string of the molecule is COc1cccc(N2CCN(C(=O)C3CCN(C(=O)OC(C)(C)C)CC3)CC2)c1. The van der Waals surface area contributed by atoms with Crippen LogP contribution in [0.2, 0.25) is 0 Å². The number of carbonyl (C=O) groups excluding carboxylic acids is 2. The first-order chi connectivity index (χ1) is 13.8. The third-order valence-corrected chi connectivity index (χ3v) is 5.51. The first kappa shape index (κ1) is 21.3. The van der Waals surface area contributed by atoms with Crippen molar-refractivity contribution in [1.82, 2.24) is 9.80 Å².